The third-order valence-corrected chi connectivity index (χ3v) is 4.17. The molecule has 0 aliphatic rings. The van der Waals surface area contributed by atoms with Crippen molar-refractivity contribution in [2.45, 2.75) is 32.4 Å². The SMILES string of the molecule is CC(C)CC(O)CNC(=O)NCC(c1cccs1)N(C)C. The summed E-state index contributed by atoms with van der Waals surface area (Å²) >= 11 is 1.68. The molecule has 0 saturated heterocycles. The molecule has 2 amide bonds. The maximum atomic E-state index is 11.8. The van der Waals surface area contributed by atoms with Gasteiger partial charge < -0.3 is 20.6 Å². The van der Waals surface area contributed by atoms with E-state index in [-0.39, 0.29) is 18.6 Å². The molecule has 0 saturated carbocycles. The number of rotatable bonds is 8. The number of hydrogen-bond donors (Lipinski definition) is 3. The smallest absolute Gasteiger partial charge is 0.314 e. The third-order valence-electron chi connectivity index (χ3n) is 3.19. The third kappa shape index (κ3) is 6.93. The zero-order valence-electron chi connectivity index (χ0n) is 13.3. The first-order valence-corrected chi connectivity index (χ1v) is 8.17. The number of nitrogens with zero attached hydrogens (tertiary/aromatic N) is 1. The highest BCUT2D eigenvalue weighted by Crippen LogP contribution is 2.22. The summed E-state index contributed by atoms with van der Waals surface area (Å²) in [5.74, 6) is 0.418. The predicted octanol–water partition coefficient (Wildman–Crippen LogP) is 2.06. The predicted molar refractivity (Wildman–Crippen MR) is 87.6 cm³/mol. The van der Waals surface area contributed by atoms with E-state index in [4.69, 9.17) is 0 Å². The second-order valence-electron chi connectivity index (χ2n) is 5.87. The van der Waals surface area contributed by atoms with Crippen LogP contribution < -0.4 is 10.6 Å². The Balaban J connectivity index is 2.34. The van der Waals surface area contributed by atoms with E-state index in [1.165, 1.54) is 4.88 Å². The molecule has 5 nitrogen and oxygen atoms in total. The number of aliphatic hydroxyl groups excluding tert-OH is 1. The summed E-state index contributed by atoms with van der Waals surface area (Å²) in [5, 5.41) is 17.3. The van der Waals surface area contributed by atoms with Crippen molar-refractivity contribution < 1.29 is 9.90 Å². The van der Waals surface area contributed by atoms with Gasteiger partial charge in [0.05, 0.1) is 12.1 Å². The van der Waals surface area contributed by atoms with Crippen molar-refractivity contribution in [1.29, 1.82) is 0 Å². The van der Waals surface area contributed by atoms with Crippen LogP contribution >= 0.6 is 11.3 Å². The lowest BCUT2D eigenvalue weighted by molar-refractivity contribution is 0.146. The van der Waals surface area contributed by atoms with Crippen LogP contribution in [0.1, 0.15) is 31.2 Å². The Kier molecular flexibility index (Phi) is 7.71. The van der Waals surface area contributed by atoms with Crippen molar-refractivity contribution in [3.05, 3.63) is 22.4 Å². The van der Waals surface area contributed by atoms with Gasteiger partial charge in [-0.2, -0.15) is 0 Å². The fraction of sp³-hybridized carbons (Fsp3) is 0.667. The minimum Gasteiger partial charge on any atom is -0.391 e. The molecule has 1 aromatic rings. The largest absolute Gasteiger partial charge is 0.391 e. The van der Waals surface area contributed by atoms with Gasteiger partial charge in [-0.3, -0.25) is 0 Å². The average molecular weight is 313 g/mol. The number of hydrogen-bond acceptors (Lipinski definition) is 4. The Bertz CT molecular complexity index is 407. The molecule has 0 spiro atoms. The van der Waals surface area contributed by atoms with Crippen molar-refractivity contribution in [2.75, 3.05) is 27.2 Å². The average Bonchev–Trinajstić information content (AvgIpc) is 2.89. The number of likely N-dealkylation sites (N-methyl/N-ethyl adjacent to an activating group) is 1. The molecule has 0 aromatic carbocycles. The summed E-state index contributed by atoms with van der Waals surface area (Å²) < 4.78 is 0. The van der Waals surface area contributed by atoms with E-state index in [2.05, 4.69) is 21.6 Å². The molecule has 120 valence electrons. The van der Waals surface area contributed by atoms with Crippen molar-refractivity contribution in [2.24, 2.45) is 5.92 Å². The maximum Gasteiger partial charge on any atom is 0.314 e. The summed E-state index contributed by atoms with van der Waals surface area (Å²) in [5.41, 5.74) is 0. The minimum atomic E-state index is -0.488. The first-order valence-electron chi connectivity index (χ1n) is 7.29. The first-order chi connectivity index (χ1) is 9.90. The Morgan fingerprint density at radius 1 is 1.33 bits per heavy atom. The lowest BCUT2D eigenvalue weighted by Gasteiger charge is -2.23. The Hall–Kier alpha value is -1.11. The van der Waals surface area contributed by atoms with E-state index < -0.39 is 6.10 Å². The Morgan fingerprint density at radius 3 is 2.52 bits per heavy atom. The highest BCUT2D eigenvalue weighted by Gasteiger charge is 2.16. The molecule has 0 radical (unpaired) electrons. The van der Waals surface area contributed by atoms with Crippen LogP contribution in [0.25, 0.3) is 0 Å². The maximum absolute atomic E-state index is 11.8. The quantitative estimate of drug-likeness (QED) is 0.688. The molecule has 0 aliphatic carbocycles. The van der Waals surface area contributed by atoms with E-state index in [9.17, 15) is 9.90 Å². The zero-order valence-corrected chi connectivity index (χ0v) is 14.1. The summed E-state index contributed by atoms with van der Waals surface area (Å²) in [6, 6.07) is 4.01. The van der Waals surface area contributed by atoms with E-state index in [1.54, 1.807) is 11.3 Å². The van der Waals surface area contributed by atoms with Gasteiger partial charge in [-0.1, -0.05) is 19.9 Å². The molecule has 1 aromatic heterocycles. The molecule has 2 unspecified atom stereocenters. The summed E-state index contributed by atoms with van der Waals surface area (Å²) in [4.78, 5) is 15.1. The summed E-state index contributed by atoms with van der Waals surface area (Å²) in [6.45, 7) is 4.92. The standard InChI is InChI=1S/C15H27N3O2S/c1-11(2)8-12(19)9-16-15(20)17-10-13(18(3)4)14-6-5-7-21-14/h5-7,11-13,19H,8-10H2,1-4H3,(H2,16,17,20). The molecule has 6 heteroatoms. The van der Waals surface area contributed by atoms with Crippen molar-refractivity contribution in [3.63, 3.8) is 0 Å². The van der Waals surface area contributed by atoms with Gasteiger partial charge in [-0.15, -0.1) is 11.3 Å². The van der Waals surface area contributed by atoms with Gasteiger partial charge in [0, 0.05) is 18.0 Å². The van der Waals surface area contributed by atoms with Crippen molar-refractivity contribution in [3.8, 4) is 0 Å². The lowest BCUT2D eigenvalue weighted by atomic mass is 10.1. The first kappa shape index (κ1) is 17.9. The van der Waals surface area contributed by atoms with Crippen LogP contribution in [0, 0.1) is 5.92 Å². The van der Waals surface area contributed by atoms with Gasteiger partial charge in [0.15, 0.2) is 0 Å². The van der Waals surface area contributed by atoms with Crippen LogP contribution in [-0.4, -0.2) is 49.3 Å². The van der Waals surface area contributed by atoms with Crippen LogP contribution in [-0.2, 0) is 0 Å². The summed E-state index contributed by atoms with van der Waals surface area (Å²) in [6.07, 6.45) is 0.202. The van der Waals surface area contributed by atoms with Crippen LogP contribution in [0.5, 0.6) is 0 Å². The fourth-order valence-corrected chi connectivity index (χ4v) is 3.03. The molecule has 1 rings (SSSR count). The Morgan fingerprint density at radius 2 is 2.00 bits per heavy atom. The van der Waals surface area contributed by atoms with Gasteiger partial charge in [0.1, 0.15) is 0 Å². The highest BCUT2D eigenvalue weighted by atomic mass is 32.1. The lowest BCUT2D eigenvalue weighted by Crippen LogP contribution is -2.43. The molecule has 0 fully saturated rings. The van der Waals surface area contributed by atoms with Gasteiger partial charge in [-0.25, -0.2) is 4.79 Å². The normalized spacial score (nSPS) is 14.2. The molecule has 0 aliphatic heterocycles. The summed E-state index contributed by atoms with van der Waals surface area (Å²) in [7, 11) is 3.99. The van der Waals surface area contributed by atoms with Gasteiger partial charge in [-0.05, 0) is 37.9 Å². The molecular formula is C15H27N3O2S. The number of carbonyl (C=O) groups excluding carboxylic acids is 1. The zero-order chi connectivity index (χ0) is 15.8. The molecule has 3 N–H and O–H groups in total. The molecule has 2 atom stereocenters. The van der Waals surface area contributed by atoms with Gasteiger partial charge >= 0.3 is 6.03 Å². The van der Waals surface area contributed by atoms with Crippen LogP contribution in [0.2, 0.25) is 0 Å². The number of urea groups is 1. The van der Waals surface area contributed by atoms with E-state index in [0.29, 0.717) is 18.9 Å². The monoisotopic (exact) mass is 313 g/mol. The van der Waals surface area contributed by atoms with Crippen LogP contribution in [0.3, 0.4) is 0 Å². The molecule has 1 heterocycles. The molecule has 0 bridgehead atoms. The van der Waals surface area contributed by atoms with E-state index in [1.807, 2.05) is 39.4 Å². The number of nitrogens with one attached hydrogen (secondary N) is 2. The van der Waals surface area contributed by atoms with Crippen LogP contribution in [0.15, 0.2) is 17.5 Å². The fourth-order valence-electron chi connectivity index (χ4n) is 2.11. The number of amides is 2. The molecule has 21 heavy (non-hydrogen) atoms. The number of carbonyl (C=O) groups is 1. The van der Waals surface area contributed by atoms with Crippen LogP contribution in [0.4, 0.5) is 4.79 Å². The minimum absolute atomic E-state index is 0.163. The Labute approximate surface area is 131 Å². The van der Waals surface area contributed by atoms with Crippen molar-refractivity contribution >= 4 is 17.4 Å². The van der Waals surface area contributed by atoms with Crippen molar-refractivity contribution in [1.82, 2.24) is 15.5 Å². The van der Waals surface area contributed by atoms with E-state index in [0.717, 1.165) is 0 Å². The van der Waals surface area contributed by atoms with E-state index >= 15 is 0 Å². The number of thiophene rings is 1. The second-order valence-corrected chi connectivity index (χ2v) is 6.85. The van der Waals surface area contributed by atoms with Gasteiger partial charge in [0.25, 0.3) is 0 Å². The second kappa shape index (κ2) is 9.02. The highest BCUT2D eigenvalue weighted by molar-refractivity contribution is 7.10. The number of aliphatic hydroxyl groups is 1. The van der Waals surface area contributed by atoms with Gasteiger partial charge in [0.2, 0.25) is 0 Å². The molecular weight excluding hydrogens is 286 g/mol. The topological polar surface area (TPSA) is 64.6 Å².